The molecule has 1 aliphatic rings. The van der Waals surface area contributed by atoms with Gasteiger partial charge in [0.2, 0.25) is 0 Å². The van der Waals surface area contributed by atoms with Crippen LogP contribution in [0.3, 0.4) is 0 Å². The second kappa shape index (κ2) is 6.59. The number of para-hydroxylation sites is 2. The Labute approximate surface area is 138 Å². The van der Waals surface area contributed by atoms with Crippen LogP contribution in [-0.4, -0.2) is 59.9 Å². The molecular weight excluding hydrogens is 336 g/mol. The van der Waals surface area contributed by atoms with Crippen molar-refractivity contribution in [2.24, 2.45) is 0 Å². The Kier molecular flexibility index (Phi) is 4.51. The largest absolute Gasteiger partial charge is 0.476 e. The highest BCUT2D eigenvalue weighted by Crippen LogP contribution is 2.22. The molecule has 1 aromatic heterocycles. The number of rotatable bonds is 5. The summed E-state index contributed by atoms with van der Waals surface area (Å²) in [5.41, 5.74) is 0.617. The van der Waals surface area contributed by atoms with Crippen molar-refractivity contribution in [2.45, 2.75) is 0 Å². The van der Waals surface area contributed by atoms with Gasteiger partial charge in [-0.15, -0.1) is 0 Å². The summed E-state index contributed by atoms with van der Waals surface area (Å²) < 4.78 is 35.3. The van der Waals surface area contributed by atoms with Gasteiger partial charge in [0.15, 0.2) is 5.69 Å². The van der Waals surface area contributed by atoms with Gasteiger partial charge in [0, 0.05) is 19.3 Å². The van der Waals surface area contributed by atoms with E-state index in [1.54, 1.807) is 24.3 Å². The first kappa shape index (κ1) is 16.4. The van der Waals surface area contributed by atoms with Crippen LogP contribution >= 0.6 is 0 Å². The van der Waals surface area contributed by atoms with Crippen molar-refractivity contribution in [2.75, 3.05) is 31.0 Å². The molecule has 0 amide bonds. The van der Waals surface area contributed by atoms with Gasteiger partial charge in [-0.2, -0.15) is 17.8 Å². The predicted molar refractivity (Wildman–Crippen MR) is 85.5 cm³/mol. The van der Waals surface area contributed by atoms with Gasteiger partial charge in [0.1, 0.15) is 0 Å². The number of carboxylic acid groups (broad SMARTS) is 1. The number of nitrogens with zero attached hydrogens (tertiary/aromatic N) is 3. The third-order valence-corrected chi connectivity index (χ3v) is 5.03. The van der Waals surface area contributed by atoms with Gasteiger partial charge in [0.05, 0.1) is 24.6 Å². The zero-order valence-electron chi connectivity index (χ0n) is 12.6. The fraction of sp³-hybridized carbons (Fsp3) is 0.286. The van der Waals surface area contributed by atoms with Crippen molar-refractivity contribution in [3.8, 4) is 5.69 Å². The minimum Gasteiger partial charge on any atom is -0.476 e. The lowest BCUT2D eigenvalue weighted by Crippen LogP contribution is -2.43. The van der Waals surface area contributed by atoms with E-state index in [0.717, 1.165) is 0 Å². The Hall–Kier alpha value is -2.43. The molecular formula is C14H16N4O5S. The molecule has 0 spiro atoms. The van der Waals surface area contributed by atoms with E-state index in [0.29, 0.717) is 24.6 Å². The Morgan fingerprint density at radius 1 is 1.21 bits per heavy atom. The normalized spacial score (nSPS) is 16.0. The quantitative estimate of drug-likeness (QED) is 0.813. The molecule has 1 fully saturated rings. The molecule has 10 heteroatoms. The van der Waals surface area contributed by atoms with Crippen molar-refractivity contribution in [1.82, 2.24) is 14.1 Å². The van der Waals surface area contributed by atoms with Crippen LogP contribution in [-0.2, 0) is 14.9 Å². The Balaban J connectivity index is 1.90. The molecule has 0 unspecified atom stereocenters. The smallest absolute Gasteiger partial charge is 0.356 e. The first-order valence-electron chi connectivity index (χ1n) is 7.21. The lowest BCUT2D eigenvalue weighted by molar-refractivity contribution is 0.0690. The van der Waals surface area contributed by atoms with Gasteiger partial charge in [-0.3, -0.25) is 4.72 Å². The van der Waals surface area contributed by atoms with Gasteiger partial charge >= 0.3 is 16.2 Å². The van der Waals surface area contributed by atoms with Gasteiger partial charge in [-0.25, -0.2) is 9.48 Å². The first-order chi connectivity index (χ1) is 11.5. The Bertz CT molecular complexity index is 842. The van der Waals surface area contributed by atoms with Crippen LogP contribution in [0.4, 0.5) is 5.69 Å². The molecule has 1 aromatic carbocycles. The van der Waals surface area contributed by atoms with E-state index in [1.807, 2.05) is 0 Å². The topological polar surface area (TPSA) is 114 Å². The molecule has 24 heavy (non-hydrogen) atoms. The zero-order valence-corrected chi connectivity index (χ0v) is 13.4. The third-order valence-electron chi connectivity index (χ3n) is 3.51. The average molecular weight is 352 g/mol. The van der Waals surface area contributed by atoms with E-state index in [9.17, 15) is 13.2 Å². The molecule has 0 saturated carbocycles. The number of aromatic carboxylic acids is 1. The van der Waals surface area contributed by atoms with E-state index in [1.165, 1.54) is 21.3 Å². The number of nitrogens with one attached hydrogen (secondary N) is 1. The molecule has 1 aliphatic heterocycles. The van der Waals surface area contributed by atoms with Crippen molar-refractivity contribution >= 4 is 21.9 Å². The van der Waals surface area contributed by atoms with Crippen molar-refractivity contribution in [3.05, 3.63) is 42.2 Å². The maximum absolute atomic E-state index is 12.5. The minimum absolute atomic E-state index is 0.124. The second-order valence-electron chi connectivity index (χ2n) is 5.09. The first-order valence-corrected chi connectivity index (χ1v) is 8.65. The summed E-state index contributed by atoms with van der Waals surface area (Å²) in [7, 11) is -3.73. The Morgan fingerprint density at radius 3 is 2.58 bits per heavy atom. The number of aromatic nitrogens is 2. The minimum atomic E-state index is -3.73. The van der Waals surface area contributed by atoms with Gasteiger partial charge in [0.25, 0.3) is 0 Å². The fourth-order valence-corrected chi connectivity index (χ4v) is 3.53. The molecule has 2 N–H and O–H groups in total. The molecule has 0 bridgehead atoms. The van der Waals surface area contributed by atoms with Crippen molar-refractivity contribution in [1.29, 1.82) is 0 Å². The van der Waals surface area contributed by atoms with Crippen LogP contribution in [0.5, 0.6) is 0 Å². The predicted octanol–water partition coefficient (Wildman–Crippen LogP) is 0.559. The summed E-state index contributed by atoms with van der Waals surface area (Å²) in [5.74, 6) is -1.15. The standard InChI is InChI=1S/C14H16N4O5S/c19-14(20)12-5-6-18(15-12)13-4-2-1-3-11(13)16-24(21,22)17-7-9-23-10-8-17/h1-6,16H,7-10H2,(H,19,20). The lowest BCUT2D eigenvalue weighted by Gasteiger charge is -2.26. The monoisotopic (exact) mass is 352 g/mol. The molecule has 128 valence electrons. The maximum atomic E-state index is 12.5. The number of carbonyl (C=O) groups is 1. The van der Waals surface area contributed by atoms with E-state index in [-0.39, 0.29) is 18.8 Å². The summed E-state index contributed by atoms with van der Waals surface area (Å²) >= 11 is 0. The SMILES string of the molecule is O=C(O)c1ccn(-c2ccccc2NS(=O)(=O)N2CCOCC2)n1. The molecule has 0 aliphatic carbocycles. The van der Waals surface area contributed by atoms with Crippen LogP contribution < -0.4 is 4.72 Å². The van der Waals surface area contributed by atoms with Crippen LogP contribution in [0, 0.1) is 0 Å². The fourth-order valence-electron chi connectivity index (χ4n) is 2.32. The summed E-state index contributed by atoms with van der Waals surface area (Å²) in [4.78, 5) is 11.0. The average Bonchev–Trinajstić information content (AvgIpc) is 3.06. The van der Waals surface area contributed by atoms with Gasteiger partial charge in [-0.1, -0.05) is 12.1 Å². The van der Waals surface area contributed by atoms with Crippen molar-refractivity contribution < 1.29 is 23.1 Å². The number of hydrogen-bond donors (Lipinski definition) is 2. The zero-order chi connectivity index (χ0) is 17.2. The molecule has 3 rings (SSSR count). The van der Waals surface area contributed by atoms with Crippen LogP contribution in [0.15, 0.2) is 36.5 Å². The number of morpholine rings is 1. The number of hydrogen-bond acceptors (Lipinski definition) is 5. The summed E-state index contributed by atoms with van der Waals surface area (Å²) in [6, 6.07) is 7.98. The van der Waals surface area contributed by atoms with Crippen LogP contribution in [0.1, 0.15) is 10.5 Å². The van der Waals surface area contributed by atoms with Crippen LogP contribution in [0.25, 0.3) is 5.69 Å². The van der Waals surface area contributed by atoms with E-state index in [4.69, 9.17) is 9.84 Å². The van der Waals surface area contributed by atoms with E-state index < -0.39 is 16.2 Å². The Morgan fingerprint density at radius 2 is 1.92 bits per heavy atom. The summed E-state index contributed by atoms with van der Waals surface area (Å²) in [6.45, 7) is 1.26. The summed E-state index contributed by atoms with van der Waals surface area (Å²) in [6.07, 6.45) is 1.46. The number of ether oxygens (including phenoxy) is 1. The summed E-state index contributed by atoms with van der Waals surface area (Å²) in [5, 5.41) is 12.9. The van der Waals surface area contributed by atoms with Crippen LogP contribution in [0.2, 0.25) is 0 Å². The highest BCUT2D eigenvalue weighted by molar-refractivity contribution is 7.90. The van der Waals surface area contributed by atoms with Gasteiger partial charge < -0.3 is 9.84 Å². The molecule has 2 heterocycles. The molecule has 0 atom stereocenters. The highest BCUT2D eigenvalue weighted by Gasteiger charge is 2.25. The molecule has 9 nitrogen and oxygen atoms in total. The number of benzene rings is 1. The third kappa shape index (κ3) is 3.40. The lowest BCUT2D eigenvalue weighted by atomic mass is 10.3. The number of carboxylic acids is 1. The number of anilines is 1. The van der Waals surface area contributed by atoms with Gasteiger partial charge in [-0.05, 0) is 18.2 Å². The van der Waals surface area contributed by atoms with Crippen molar-refractivity contribution in [3.63, 3.8) is 0 Å². The molecule has 2 aromatic rings. The van der Waals surface area contributed by atoms with E-state index >= 15 is 0 Å². The molecule has 1 saturated heterocycles. The second-order valence-corrected chi connectivity index (χ2v) is 6.76. The molecule has 0 radical (unpaired) electrons. The highest BCUT2D eigenvalue weighted by atomic mass is 32.2. The van der Waals surface area contributed by atoms with E-state index in [2.05, 4.69) is 9.82 Å². The maximum Gasteiger partial charge on any atom is 0.356 e.